The molecule has 2 amide bonds. The average Bonchev–Trinajstić information content (AvgIpc) is 3.43. The number of ether oxygens (including phenoxy) is 2. The summed E-state index contributed by atoms with van der Waals surface area (Å²) in [7, 11) is 0. The monoisotopic (exact) mass is 575 g/mol. The number of benzene rings is 2. The van der Waals surface area contributed by atoms with E-state index in [-0.39, 0.29) is 43.0 Å². The fraction of sp³-hybridized carbons (Fsp3) is 0.618. The van der Waals surface area contributed by atoms with Crippen molar-refractivity contribution in [2.75, 3.05) is 25.0 Å². The molecule has 4 atom stereocenters. The maximum Gasteiger partial charge on any atom is 0.319 e. The van der Waals surface area contributed by atoms with E-state index in [2.05, 4.69) is 15.5 Å². The van der Waals surface area contributed by atoms with Crippen molar-refractivity contribution in [2.24, 2.45) is 17.8 Å². The Kier molecular flexibility index (Phi) is 8.01. The highest BCUT2D eigenvalue weighted by atomic mass is 16.7. The van der Waals surface area contributed by atoms with Crippen LogP contribution < -0.4 is 10.6 Å². The molecule has 2 aliphatic heterocycles. The molecule has 2 aromatic carbocycles. The molecule has 0 radical (unpaired) electrons. The van der Waals surface area contributed by atoms with Crippen molar-refractivity contribution in [3.63, 3.8) is 0 Å². The lowest BCUT2D eigenvalue weighted by atomic mass is 9.53. The summed E-state index contributed by atoms with van der Waals surface area (Å²) in [6.45, 7) is 1.87. The van der Waals surface area contributed by atoms with Crippen molar-refractivity contribution in [1.29, 1.82) is 0 Å². The van der Waals surface area contributed by atoms with Crippen LogP contribution in [0.4, 0.5) is 10.5 Å². The Morgan fingerprint density at radius 2 is 1.67 bits per heavy atom. The SMILES string of the molecule is O=C(Nc1cccc([C@H]2O[C@@H](CN3CCC[C@H]3CO)C[C@@H](c3ccc(CO)cc3)O2)c1)NC12CC3CC(CC(C3)C1)C2. The van der Waals surface area contributed by atoms with Gasteiger partial charge in [-0.25, -0.2) is 4.79 Å². The summed E-state index contributed by atoms with van der Waals surface area (Å²) in [5.41, 5.74) is 3.47. The molecule has 8 rings (SSSR count). The molecule has 2 heterocycles. The van der Waals surface area contributed by atoms with Crippen molar-refractivity contribution in [3.05, 3.63) is 65.2 Å². The fourth-order valence-corrected chi connectivity index (χ4v) is 9.07. The van der Waals surface area contributed by atoms with Crippen molar-refractivity contribution < 1.29 is 24.5 Å². The van der Waals surface area contributed by atoms with Gasteiger partial charge in [0.25, 0.3) is 0 Å². The molecule has 8 heteroatoms. The van der Waals surface area contributed by atoms with E-state index >= 15 is 0 Å². The molecule has 6 aliphatic rings. The molecule has 8 nitrogen and oxygen atoms in total. The van der Waals surface area contributed by atoms with Crippen LogP contribution >= 0.6 is 0 Å². The van der Waals surface area contributed by atoms with Gasteiger partial charge in [-0.15, -0.1) is 0 Å². The van der Waals surface area contributed by atoms with Gasteiger partial charge in [0.15, 0.2) is 6.29 Å². The summed E-state index contributed by atoms with van der Waals surface area (Å²) < 4.78 is 13.1. The second-order valence-corrected chi connectivity index (χ2v) is 13.7. The zero-order valence-corrected chi connectivity index (χ0v) is 24.4. The number of aliphatic hydroxyl groups is 2. The maximum absolute atomic E-state index is 13.3. The zero-order chi connectivity index (χ0) is 28.7. The normalized spacial score (nSPS) is 35.8. The van der Waals surface area contributed by atoms with Gasteiger partial charge in [0.2, 0.25) is 0 Å². The van der Waals surface area contributed by atoms with E-state index in [9.17, 15) is 15.0 Å². The Balaban J connectivity index is 1.06. The van der Waals surface area contributed by atoms with Crippen LogP contribution in [-0.2, 0) is 16.1 Å². The molecule has 6 fully saturated rings. The first kappa shape index (κ1) is 28.3. The van der Waals surface area contributed by atoms with E-state index < -0.39 is 6.29 Å². The van der Waals surface area contributed by atoms with Gasteiger partial charge >= 0.3 is 6.03 Å². The van der Waals surface area contributed by atoms with Crippen LogP contribution in [-0.4, -0.2) is 58.5 Å². The molecule has 2 aromatic rings. The van der Waals surface area contributed by atoms with Gasteiger partial charge in [0.1, 0.15) is 0 Å². The van der Waals surface area contributed by atoms with Gasteiger partial charge in [0.05, 0.1) is 25.4 Å². The van der Waals surface area contributed by atoms with Gasteiger partial charge in [-0.2, -0.15) is 0 Å². The number of urea groups is 1. The number of carbonyl (C=O) groups is 1. The number of rotatable bonds is 8. The standard InChI is InChI=1S/C34H45N3O5/c38-20-22-6-8-26(9-7-22)31-15-30(19-37-10-2-5-29(37)21-39)41-32(42-31)27-3-1-4-28(14-27)35-33(40)36-34-16-23-11-24(17-34)13-25(12-23)18-34/h1,3-4,6-9,14,23-25,29-32,38-39H,2,5,10-13,15-21H2,(H2,35,36,40)/t23?,24?,25?,29-,30+,31-,32-,34?/m0/s1. The number of hydrogen-bond acceptors (Lipinski definition) is 6. The van der Waals surface area contributed by atoms with Gasteiger partial charge < -0.3 is 30.3 Å². The lowest BCUT2D eigenvalue weighted by molar-refractivity contribution is -0.253. The lowest BCUT2D eigenvalue weighted by Crippen LogP contribution is -2.60. The topological polar surface area (TPSA) is 103 Å². The van der Waals surface area contributed by atoms with Crippen LogP contribution in [0.25, 0.3) is 0 Å². The summed E-state index contributed by atoms with van der Waals surface area (Å²) in [6.07, 6.45) is 9.35. The number of amides is 2. The number of hydrogen-bond donors (Lipinski definition) is 4. The molecule has 4 aliphatic carbocycles. The second kappa shape index (κ2) is 11.9. The maximum atomic E-state index is 13.3. The molecule has 4 N–H and O–H groups in total. The minimum Gasteiger partial charge on any atom is -0.395 e. The predicted molar refractivity (Wildman–Crippen MR) is 160 cm³/mol. The van der Waals surface area contributed by atoms with E-state index in [4.69, 9.17) is 9.47 Å². The van der Waals surface area contributed by atoms with Crippen LogP contribution in [0.2, 0.25) is 0 Å². The van der Waals surface area contributed by atoms with Gasteiger partial charge in [-0.05, 0) is 98.9 Å². The molecular formula is C34H45N3O5. The van der Waals surface area contributed by atoms with Crippen LogP contribution in [0.1, 0.15) is 86.9 Å². The van der Waals surface area contributed by atoms with E-state index in [1.165, 1.54) is 19.3 Å². The smallest absolute Gasteiger partial charge is 0.319 e. The van der Waals surface area contributed by atoms with Gasteiger partial charge in [0, 0.05) is 35.8 Å². The molecule has 4 bridgehead atoms. The van der Waals surface area contributed by atoms with Gasteiger partial charge in [-0.1, -0.05) is 36.4 Å². The molecule has 226 valence electrons. The first-order valence-electron chi connectivity index (χ1n) is 16.0. The highest BCUT2D eigenvalue weighted by molar-refractivity contribution is 5.89. The Hall–Kier alpha value is -2.49. The molecule has 42 heavy (non-hydrogen) atoms. The first-order chi connectivity index (χ1) is 20.5. The second-order valence-electron chi connectivity index (χ2n) is 13.7. The van der Waals surface area contributed by atoms with E-state index in [1.807, 2.05) is 48.5 Å². The summed E-state index contributed by atoms with van der Waals surface area (Å²) in [6, 6.07) is 15.8. The molecular weight excluding hydrogens is 530 g/mol. The number of likely N-dealkylation sites (tertiary alicyclic amines) is 1. The molecule has 4 saturated carbocycles. The van der Waals surface area contributed by atoms with Crippen LogP contribution in [0.5, 0.6) is 0 Å². The minimum absolute atomic E-state index is 0.00784. The van der Waals surface area contributed by atoms with Crippen molar-refractivity contribution >= 4 is 11.7 Å². The van der Waals surface area contributed by atoms with E-state index in [0.29, 0.717) is 6.42 Å². The fourth-order valence-electron chi connectivity index (χ4n) is 9.07. The van der Waals surface area contributed by atoms with Crippen LogP contribution in [0.3, 0.4) is 0 Å². The third-order valence-corrected chi connectivity index (χ3v) is 10.6. The number of nitrogens with one attached hydrogen (secondary N) is 2. The number of nitrogens with zero attached hydrogens (tertiary/aromatic N) is 1. The highest BCUT2D eigenvalue weighted by Crippen LogP contribution is 2.55. The third-order valence-electron chi connectivity index (χ3n) is 10.6. The Bertz CT molecular complexity index is 1220. The van der Waals surface area contributed by atoms with Crippen LogP contribution in [0, 0.1) is 17.8 Å². The van der Waals surface area contributed by atoms with E-state index in [0.717, 1.165) is 85.3 Å². The van der Waals surface area contributed by atoms with Gasteiger partial charge in [-0.3, -0.25) is 4.90 Å². The third kappa shape index (κ3) is 5.97. The van der Waals surface area contributed by atoms with Crippen molar-refractivity contribution in [1.82, 2.24) is 10.2 Å². The quantitative estimate of drug-likeness (QED) is 0.342. The number of anilines is 1. The molecule has 0 aromatic heterocycles. The number of carbonyl (C=O) groups excluding carboxylic acids is 1. The molecule has 0 spiro atoms. The zero-order valence-electron chi connectivity index (χ0n) is 24.4. The summed E-state index contributed by atoms with van der Waals surface area (Å²) in [4.78, 5) is 15.6. The summed E-state index contributed by atoms with van der Waals surface area (Å²) in [5, 5.41) is 25.9. The van der Waals surface area contributed by atoms with Crippen molar-refractivity contribution in [2.45, 2.75) is 94.5 Å². The molecule has 0 unspecified atom stereocenters. The predicted octanol–water partition coefficient (Wildman–Crippen LogP) is 5.27. The summed E-state index contributed by atoms with van der Waals surface area (Å²) in [5.74, 6) is 2.32. The Labute approximate surface area is 248 Å². The average molecular weight is 576 g/mol. The highest BCUT2D eigenvalue weighted by Gasteiger charge is 2.51. The van der Waals surface area contributed by atoms with Crippen LogP contribution in [0.15, 0.2) is 48.5 Å². The molecule has 2 saturated heterocycles. The summed E-state index contributed by atoms with van der Waals surface area (Å²) >= 11 is 0. The first-order valence-corrected chi connectivity index (χ1v) is 16.0. The number of aliphatic hydroxyl groups excluding tert-OH is 2. The van der Waals surface area contributed by atoms with E-state index in [1.54, 1.807) is 0 Å². The largest absolute Gasteiger partial charge is 0.395 e. The minimum atomic E-state index is -0.589. The Morgan fingerprint density at radius 3 is 2.36 bits per heavy atom. The van der Waals surface area contributed by atoms with Crippen molar-refractivity contribution in [3.8, 4) is 0 Å². The Morgan fingerprint density at radius 1 is 0.929 bits per heavy atom. The lowest BCUT2D eigenvalue weighted by Gasteiger charge is -2.56.